The van der Waals surface area contributed by atoms with Crippen molar-refractivity contribution >= 4 is 29.3 Å². The highest BCUT2D eigenvalue weighted by Crippen LogP contribution is 2.54. The van der Waals surface area contributed by atoms with Gasteiger partial charge in [0.25, 0.3) is 0 Å². The van der Waals surface area contributed by atoms with Gasteiger partial charge in [-0.2, -0.15) is 0 Å². The molecule has 4 rings (SSSR count). The van der Waals surface area contributed by atoms with E-state index in [1.54, 1.807) is 16.7 Å². The first-order valence-electron chi connectivity index (χ1n) is 9.19. The number of benzene rings is 2. The molecule has 140 valence electrons. The monoisotopic (exact) mass is 382 g/mol. The second-order valence-corrected chi connectivity index (χ2v) is 7.98. The van der Waals surface area contributed by atoms with Gasteiger partial charge in [0, 0.05) is 17.9 Å². The van der Waals surface area contributed by atoms with E-state index in [9.17, 15) is 9.59 Å². The molecule has 2 saturated heterocycles. The van der Waals surface area contributed by atoms with Crippen LogP contribution in [-0.2, 0) is 14.5 Å². The predicted molar refractivity (Wildman–Crippen MR) is 107 cm³/mol. The van der Waals surface area contributed by atoms with Crippen molar-refractivity contribution < 1.29 is 14.3 Å². The molecule has 0 unspecified atom stereocenters. The topological polar surface area (TPSA) is 58.6 Å². The van der Waals surface area contributed by atoms with Crippen molar-refractivity contribution in [3.8, 4) is 5.75 Å². The molecule has 6 heteroatoms. The number of amides is 2. The minimum absolute atomic E-state index is 0.0516. The van der Waals surface area contributed by atoms with Gasteiger partial charge < -0.3 is 15.0 Å². The molecule has 0 saturated carbocycles. The van der Waals surface area contributed by atoms with Gasteiger partial charge in [0.1, 0.15) is 16.7 Å². The molecule has 0 radical (unpaired) electrons. The Morgan fingerprint density at radius 3 is 2.67 bits per heavy atom. The van der Waals surface area contributed by atoms with E-state index in [0.717, 1.165) is 17.7 Å². The molecule has 2 aliphatic heterocycles. The molecule has 2 aromatic rings. The van der Waals surface area contributed by atoms with E-state index in [-0.39, 0.29) is 11.8 Å². The largest absolute Gasteiger partial charge is 0.494 e. The molecule has 2 heterocycles. The number of ether oxygens (including phenoxy) is 1. The number of nitrogens with zero attached hydrogens (tertiary/aromatic N) is 1. The van der Waals surface area contributed by atoms with Crippen LogP contribution < -0.4 is 10.1 Å². The van der Waals surface area contributed by atoms with Crippen LogP contribution in [-0.4, -0.2) is 35.1 Å². The Morgan fingerprint density at radius 1 is 1.22 bits per heavy atom. The average Bonchev–Trinajstić information content (AvgIpc) is 3.24. The SMILES string of the molecule is CCOc1ccc(NC(=O)[C@@H]2CS[C@]3(c4ccccc4)CCC(=O)N23)cc1. The molecule has 5 nitrogen and oxygen atoms in total. The first-order valence-corrected chi connectivity index (χ1v) is 10.2. The van der Waals surface area contributed by atoms with Crippen LogP contribution in [0.3, 0.4) is 0 Å². The molecule has 0 spiro atoms. The van der Waals surface area contributed by atoms with Crippen LogP contribution in [0.2, 0.25) is 0 Å². The Hall–Kier alpha value is -2.47. The van der Waals surface area contributed by atoms with Crippen LogP contribution >= 0.6 is 11.8 Å². The molecule has 1 N–H and O–H groups in total. The van der Waals surface area contributed by atoms with E-state index in [1.807, 2.05) is 61.5 Å². The molecule has 0 aromatic heterocycles. The molecule has 27 heavy (non-hydrogen) atoms. The maximum atomic E-state index is 12.9. The van der Waals surface area contributed by atoms with Gasteiger partial charge in [0.2, 0.25) is 11.8 Å². The van der Waals surface area contributed by atoms with E-state index in [2.05, 4.69) is 5.32 Å². The molecule has 0 aliphatic carbocycles. The second-order valence-electron chi connectivity index (χ2n) is 6.69. The summed E-state index contributed by atoms with van der Waals surface area (Å²) in [7, 11) is 0. The average molecular weight is 382 g/mol. The van der Waals surface area contributed by atoms with E-state index in [4.69, 9.17) is 4.74 Å². The van der Waals surface area contributed by atoms with Crippen molar-refractivity contribution in [3.63, 3.8) is 0 Å². The molecular weight excluding hydrogens is 360 g/mol. The third kappa shape index (κ3) is 3.18. The van der Waals surface area contributed by atoms with Gasteiger partial charge >= 0.3 is 0 Å². The van der Waals surface area contributed by atoms with Crippen LogP contribution in [0.4, 0.5) is 5.69 Å². The minimum Gasteiger partial charge on any atom is -0.494 e. The smallest absolute Gasteiger partial charge is 0.248 e. The summed E-state index contributed by atoms with van der Waals surface area (Å²) in [6.45, 7) is 2.53. The summed E-state index contributed by atoms with van der Waals surface area (Å²) in [5.41, 5.74) is 1.80. The lowest BCUT2D eigenvalue weighted by Crippen LogP contribution is -2.48. The summed E-state index contributed by atoms with van der Waals surface area (Å²) < 4.78 is 5.43. The Balaban J connectivity index is 1.54. The van der Waals surface area contributed by atoms with E-state index >= 15 is 0 Å². The fourth-order valence-corrected chi connectivity index (χ4v) is 5.51. The summed E-state index contributed by atoms with van der Waals surface area (Å²) in [6, 6.07) is 16.9. The highest BCUT2D eigenvalue weighted by atomic mass is 32.2. The quantitative estimate of drug-likeness (QED) is 0.858. The molecule has 0 bridgehead atoms. The lowest BCUT2D eigenvalue weighted by atomic mass is 10.0. The maximum absolute atomic E-state index is 12.9. The maximum Gasteiger partial charge on any atom is 0.248 e. The van der Waals surface area contributed by atoms with Gasteiger partial charge in [0.05, 0.1) is 6.61 Å². The Bertz CT molecular complexity index is 840. The standard InChI is InChI=1S/C21H22N2O3S/c1-2-26-17-10-8-16(9-11-17)22-20(25)18-14-27-21(13-12-19(24)23(18)21)15-6-4-3-5-7-15/h3-11,18H,2,12-14H2,1H3,(H,22,25)/t18-,21-/m0/s1. The van der Waals surface area contributed by atoms with Gasteiger partial charge in [-0.05, 0) is 43.2 Å². The van der Waals surface area contributed by atoms with Crippen molar-refractivity contribution in [1.29, 1.82) is 0 Å². The number of rotatable bonds is 5. The van der Waals surface area contributed by atoms with Gasteiger partial charge in [-0.15, -0.1) is 11.8 Å². The second kappa shape index (κ2) is 7.27. The van der Waals surface area contributed by atoms with Gasteiger partial charge in [-0.3, -0.25) is 9.59 Å². The van der Waals surface area contributed by atoms with Crippen LogP contribution in [0.1, 0.15) is 25.3 Å². The normalized spacial score (nSPS) is 24.0. The van der Waals surface area contributed by atoms with E-state index in [0.29, 0.717) is 24.5 Å². The van der Waals surface area contributed by atoms with E-state index < -0.39 is 10.9 Å². The van der Waals surface area contributed by atoms with Gasteiger partial charge in [-0.25, -0.2) is 0 Å². The van der Waals surface area contributed by atoms with Crippen molar-refractivity contribution in [2.75, 3.05) is 17.7 Å². The lowest BCUT2D eigenvalue weighted by molar-refractivity contribution is -0.136. The Morgan fingerprint density at radius 2 is 1.96 bits per heavy atom. The summed E-state index contributed by atoms with van der Waals surface area (Å²) >= 11 is 1.70. The van der Waals surface area contributed by atoms with Crippen molar-refractivity contribution in [2.24, 2.45) is 0 Å². The number of fused-ring (bicyclic) bond motifs is 1. The molecule has 2 aliphatic rings. The van der Waals surface area contributed by atoms with E-state index in [1.165, 1.54) is 0 Å². The number of carbonyl (C=O) groups is 2. The third-order valence-electron chi connectivity index (χ3n) is 5.09. The molecule has 2 atom stereocenters. The Labute approximate surface area is 163 Å². The minimum atomic E-state index is -0.461. The number of nitrogens with one attached hydrogen (secondary N) is 1. The highest BCUT2D eigenvalue weighted by molar-refractivity contribution is 8.00. The van der Waals surface area contributed by atoms with Gasteiger partial charge in [0.15, 0.2) is 0 Å². The number of hydrogen-bond donors (Lipinski definition) is 1. The predicted octanol–water partition coefficient (Wildman–Crippen LogP) is 3.61. The van der Waals surface area contributed by atoms with Crippen molar-refractivity contribution in [2.45, 2.75) is 30.7 Å². The fourth-order valence-electron chi connectivity index (χ4n) is 3.86. The molecule has 2 aromatic carbocycles. The zero-order valence-corrected chi connectivity index (χ0v) is 16.0. The number of thioether (sulfide) groups is 1. The first-order chi connectivity index (χ1) is 13.1. The zero-order valence-electron chi connectivity index (χ0n) is 15.2. The molecule has 2 amide bonds. The summed E-state index contributed by atoms with van der Waals surface area (Å²) in [4.78, 5) is 27.0. The van der Waals surface area contributed by atoms with Crippen LogP contribution in [0.15, 0.2) is 54.6 Å². The molecular formula is C21H22N2O3S. The number of anilines is 1. The Kier molecular flexibility index (Phi) is 4.83. The highest BCUT2D eigenvalue weighted by Gasteiger charge is 2.56. The van der Waals surface area contributed by atoms with Gasteiger partial charge in [-0.1, -0.05) is 30.3 Å². The fraction of sp³-hybridized carbons (Fsp3) is 0.333. The summed E-state index contributed by atoms with van der Waals surface area (Å²) in [5, 5.41) is 2.95. The van der Waals surface area contributed by atoms with Crippen LogP contribution in [0, 0.1) is 0 Å². The van der Waals surface area contributed by atoms with Crippen LogP contribution in [0.5, 0.6) is 5.75 Å². The number of carbonyl (C=O) groups excluding carboxylic acids is 2. The third-order valence-corrected chi connectivity index (χ3v) is 6.68. The lowest BCUT2D eigenvalue weighted by Gasteiger charge is -2.34. The number of hydrogen-bond acceptors (Lipinski definition) is 4. The van der Waals surface area contributed by atoms with Crippen LogP contribution in [0.25, 0.3) is 0 Å². The van der Waals surface area contributed by atoms with Crippen molar-refractivity contribution in [3.05, 3.63) is 60.2 Å². The van der Waals surface area contributed by atoms with Crippen molar-refractivity contribution in [1.82, 2.24) is 4.90 Å². The molecule has 2 fully saturated rings. The summed E-state index contributed by atoms with van der Waals surface area (Å²) in [6.07, 6.45) is 1.22. The zero-order chi connectivity index (χ0) is 18.9. The summed E-state index contributed by atoms with van der Waals surface area (Å²) in [5.74, 6) is 1.28. The first kappa shape index (κ1) is 17.9.